The zero-order valence-corrected chi connectivity index (χ0v) is 16.4. The van der Waals surface area contributed by atoms with Crippen LogP contribution in [0.25, 0.3) is 11.5 Å². The minimum absolute atomic E-state index is 0.0447. The van der Waals surface area contributed by atoms with Crippen LogP contribution >= 0.6 is 23.5 Å². The van der Waals surface area contributed by atoms with E-state index < -0.39 is 0 Å². The lowest BCUT2D eigenvalue weighted by atomic mass is 10.2. The highest BCUT2D eigenvalue weighted by atomic mass is 32.2. The van der Waals surface area contributed by atoms with Crippen molar-refractivity contribution in [1.29, 1.82) is 0 Å². The molecule has 0 N–H and O–H groups in total. The van der Waals surface area contributed by atoms with E-state index in [1.807, 2.05) is 47.0 Å². The van der Waals surface area contributed by atoms with Crippen molar-refractivity contribution >= 4 is 35.1 Å². The molecule has 6 nitrogen and oxygen atoms in total. The number of carbonyl (C=O) groups is 1. The standard InChI is InChI=1S/C19H18N4O2S2/c1-13-8-10-23(15-6-2-3-7-16(15)27-13)17(24)12-26-19-22-21-18(25-19)14-5-4-9-20-11-14/h2-7,9,11,13H,8,10,12H2,1H3/t13-/m0/s1. The van der Waals surface area contributed by atoms with E-state index in [2.05, 4.69) is 28.2 Å². The number of hydrogen-bond donors (Lipinski definition) is 0. The first-order valence-electron chi connectivity index (χ1n) is 8.63. The number of anilines is 1. The van der Waals surface area contributed by atoms with Gasteiger partial charge in [-0.3, -0.25) is 9.78 Å². The molecule has 4 rings (SSSR count). The number of aromatic nitrogens is 3. The third-order valence-electron chi connectivity index (χ3n) is 4.18. The van der Waals surface area contributed by atoms with Crippen LogP contribution in [0.3, 0.4) is 0 Å². The number of amides is 1. The molecule has 1 aliphatic rings. The minimum atomic E-state index is 0.0447. The maximum Gasteiger partial charge on any atom is 0.277 e. The van der Waals surface area contributed by atoms with Crippen LogP contribution in [-0.2, 0) is 4.79 Å². The summed E-state index contributed by atoms with van der Waals surface area (Å²) >= 11 is 3.08. The number of thioether (sulfide) groups is 2. The van der Waals surface area contributed by atoms with Crippen molar-refractivity contribution in [3.05, 3.63) is 48.8 Å². The third-order valence-corrected chi connectivity index (χ3v) is 6.22. The molecule has 138 valence electrons. The van der Waals surface area contributed by atoms with E-state index in [-0.39, 0.29) is 11.7 Å². The van der Waals surface area contributed by atoms with E-state index in [1.165, 1.54) is 11.8 Å². The van der Waals surface area contributed by atoms with Gasteiger partial charge in [-0.05, 0) is 30.7 Å². The lowest BCUT2D eigenvalue weighted by molar-refractivity contribution is -0.116. The Hall–Kier alpha value is -2.32. The predicted octanol–water partition coefficient (Wildman–Crippen LogP) is 4.14. The molecule has 0 unspecified atom stereocenters. The lowest BCUT2D eigenvalue weighted by Crippen LogP contribution is -2.33. The molecule has 0 radical (unpaired) electrons. The Labute approximate surface area is 165 Å². The predicted molar refractivity (Wildman–Crippen MR) is 107 cm³/mol. The number of fused-ring (bicyclic) bond motifs is 1. The molecule has 0 fully saturated rings. The number of nitrogens with zero attached hydrogens (tertiary/aromatic N) is 4. The molecule has 27 heavy (non-hydrogen) atoms. The summed E-state index contributed by atoms with van der Waals surface area (Å²) in [6.45, 7) is 2.91. The highest BCUT2D eigenvalue weighted by molar-refractivity contribution is 8.00. The van der Waals surface area contributed by atoms with Gasteiger partial charge in [0.05, 0.1) is 17.0 Å². The number of rotatable bonds is 4. The molecule has 2 aromatic heterocycles. The first-order chi connectivity index (χ1) is 13.2. The summed E-state index contributed by atoms with van der Waals surface area (Å²) in [7, 11) is 0. The van der Waals surface area contributed by atoms with Crippen LogP contribution in [0.2, 0.25) is 0 Å². The second-order valence-electron chi connectivity index (χ2n) is 6.13. The molecular weight excluding hydrogens is 380 g/mol. The molecular formula is C19H18N4O2S2. The van der Waals surface area contributed by atoms with Gasteiger partial charge in [-0.15, -0.1) is 22.0 Å². The van der Waals surface area contributed by atoms with E-state index >= 15 is 0 Å². The van der Waals surface area contributed by atoms with Gasteiger partial charge < -0.3 is 9.32 Å². The van der Waals surface area contributed by atoms with Crippen LogP contribution in [0.5, 0.6) is 0 Å². The topological polar surface area (TPSA) is 72.1 Å². The molecule has 0 saturated carbocycles. The Bertz CT molecular complexity index is 932. The molecule has 0 bridgehead atoms. The van der Waals surface area contributed by atoms with Crippen LogP contribution in [0, 0.1) is 0 Å². The fourth-order valence-corrected chi connectivity index (χ4v) is 4.57. The largest absolute Gasteiger partial charge is 0.411 e. The summed E-state index contributed by atoms with van der Waals surface area (Å²) in [6.07, 6.45) is 4.31. The van der Waals surface area contributed by atoms with Gasteiger partial charge in [-0.2, -0.15) is 0 Å². The SMILES string of the molecule is C[C@H]1CCN(C(=O)CSc2nnc(-c3cccnc3)o2)c2ccccc2S1. The molecule has 0 saturated heterocycles. The van der Waals surface area contributed by atoms with E-state index in [4.69, 9.17) is 4.42 Å². The van der Waals surface area contributed by atoms with Crippen LogP contribution < -0.4 is 4.90 Å². The number of benzene rings is 1. The summed E-state index contributed by atoms with van der Waals surface area (Å²) in [5.41, 5.74) is 1.75. The third kappa shape index (κ3) is 4.17. The molecule has 8 heteroatoms. The van der Waals surface area contributed by atoms with Crippen molar-refractivity contribution in [3.8, 4) is 11.5 Å². The quantitative estimate of drug-likeness (QED) is 0.612. The Balaban J connectivity index is 1.45. The molecule has 1 aliphatic heterocycles. The molecule has 1 aromatic carbocycles. The van der Waals surface area contributed by atoms with Gasteiger partial charge in [0, 0.05) is 29.1 Å². The van der Waals surface area contributed by atoms with Gasteiger partial charge >= 0.3 is 0 Å². The van der Waals surface area contributed by atoms with Crippen LogP contribution in [-0.4, -0.2) is 38.6 Å². The maximum absolute atomic E-state index is 12.9. The zero-order chi connectivity index (χ0) is 18.6. The first kappa shape index (κ1) is 18.1. The smallest absolute Gasteiger partial charge is 0.277 e. The highest BCUT2D eigenvalue weighted by Crippen LogP contribution is 2.37. The number of para-hydroxylation sites is 1. The summed E-state index contributed by atoms with van der Waals surface area (Å²) in [4.78, 5) is 19.9. The van der Waals surface area contributed by atoms with E-state index in [0.717, 1.165) is 29.1 Å². The van der Waals surface area contributed by atoms with Gasteiger partial charge in [0.15, 0.2) is 0 Å². The monoisotopic (exact) mass is 398 g/mol. The Kier molecular flexibility index (Phi) is 5.45. The second kappa shape index (κ2) is 8.14. The van der Waals surface area contributed by atoms with Crippen molar-refractivity contribution < 1.29 is 9.21 Å². The van der Waals surface area contributed by atoms with Gasteiger partial charge in [-0.25, -0.2) is 0 Å². The van der Waals surface area contributed by atoms with Gasteiger partial charge in [0.1, 0.15) is 0 Å². The number of hydrogen-bond acceptors (Lipinski definition) is 7. The fourth-order valence-electron chi connectivity index (χ4n) is 2.82. The van der Waals surface area contributed by atoms with Gasteiger partial charge in [0.25, 0.3) is 5.22 Å². The number of pyridine rings is 1. The summed E-state index contributed by atoms with van der Waals surface area (Å²) < 4.78 is 5.64. The summed E-state index contributed by atoms with van der Waals surface area (Å²) in [5, 5.41) is 8.92. The summed E-state index contributed by atoms with van der Waals surface area (Å²) in [6, 6.07) is 11.7. The van der Waals surface area contributed by atoms with E-state index in [1.54, 1.807) is 12.4 Å². The van der Waals surface area contributed by atoms with E-state index in [0.29, 0.717) is 16.4 Å². The van der Waals surface area contributed by atoms with Crippen molar-refractivity contribution in [2.45, 2.75) is 28.7 Å². The van der Waals surface area contributed by atoms with Crippen molar-refractivity contribution in [2.75, 3.05) is 17.2 Å². The minimum Gasteiger partial charge on any atom is -0.411 e. The van der Waals surface area contributed by atoms with Crippen LogP contribution in [0.4, 0.5) is 5.69 Å². The lowest BCUT2D eigenvalue weighted by Gasteiger charge is -2.22. The van der Waals surface area contributed by atoms with Gasteiger partial charge in [-0.1, -0.05) is 30.8 Å². The van der Waals surface area contributed by atoms with Gasteiger partial charge in [0.2, 0.25) is 11.8 Å². The first-order valence-corrected chi connectivity index (χ1v) is 10.5. The number of carbonyl (C=O) groups excluding carboxylic acids is 1. The average Bonchev–Trinajstić information content (AvgIpc) is 3.10. The molecule has 0 aliphatic carbocycles. The summed E-state index contributed by atoms with van der Waals surface area (Å²) in [5.74, 6) is 0.703. The Morgan fingerprint density at radius 3 is 3.04 bits per heavy atom. The second-order valence-corrected chi connectivity index (χ2v) is 8.54. The van der Waals surface area contributed by atoms with Crippen molar-refractivity contribution in [2.24, 2.45) is 0 Å². The average molecular weight is 399 g/mol. The molecule has 0 spiro atoms. The highest BCUT2D eigenvalue weighted by Gasteiger charge is 2.24. The fraction of sp³-hybridized carbons (Fsp3) is 0.263. The van der Waals surface area contributed by atoms with E-state index in [9.17, 15) is 4.79 Å². The normalized spacial score (nSPS) is 16.6. The molecule has 1 atom stereocenters. The Morgan fingerprint density at radius 1 is 1.30 bits per heavy atom. The van der Waals surface area contributed by atoms with Crippen LogP contribution in [0.1, 0.15) is 13.3 Å². The molecule has 1 amide bonds. The van der Waals surface area contributed by atoms with Crippen LogP contribution in [0.15, 0.2) is 63.3 Å². The van der Waals surface area contributed by atoms with Crippen molar-refractivity contribution in [1.82, 2.24) is 15.2 Å². The van der Waals surface area contributed by atoms with Crippen molar-refractivity contribution in [3.63, 3.8) is 0 Å². The molecule has 3 aromatic rings. The Morgan fingerprint density at radius 2 is 2.19 bits per heavy atom. The zero-order valence-electron chi connectivity index (χ0n) is 14.7. The maximum atomic E-state index is 12.9. The molecule has 3 heterocycles.